The van der Waals surface area contributed by atoms with Gasteiger partial charge in [-0.25, -0.2) is 4.39 Å². The molecule has 4 aromatic rings. The first kappa shape index (κ1) is 27.4. The minimum Gasteiger partial charge on any atom is -0.461 e. The molecule has 0 saturated carbocycles. The van der Waals surface area contributed by atoms with Gasteiger partial charge in [0.05, 0.1) is 10.9 Å². The van der Waals surface area contributed by atoms with Crippen LogP contribution in [0.25, 0.3) is 32.9 Å². The molecule has 0 spiro atoms. The Morgan fingerprint density at radius 3 is 2.68 bits per heavy atom. The minimum atomic E-state index is -1.61. The van der Waals surface area contributed by atoms with Crippen molar-refractivity contribution < 1.29 is 17.9 Å². The second-order valence-corrected chi connectivity index (χ2v) is 12.5. The van der Waals surface area contributed by atoms with Crippen LogP contribution in [0.2, 0.25) is 0 Å². The van der Waals surface area contributed by atoms with Gasteiger partial charge in [-0.05, 0) is 50.1 Å². The summed E-state index contributed by atoms with van der Waals surface area (Å²) in [4.78, 5) is 18.3. The number of aromatic nitrogens is 3. The molecular weight excluding hydrogens is 565 g/mol. The third-order valence-electron chi connectivity index (χ3n) is 9.88. The Hall–Kier alpha value is -4.20. The number of fused-ring (bicyclic) bond motifs is 5. The fraction of sp³-hybridized carbons (Fsp3) is 0.382. The topological polar surface area (TPSA) is 66.4 Å². The molecule has 4 aliphatic rings. The quantitative estimate of drug-likeness (QED) is 0.298. The Bertz CT molecular complexity index is 1870. The fourth-order valence-corrected chi connectivity index (χ4v) is 7.81. The predicted octanol–water partition coefficient (Wildman–Crippen LogP) is 5.67. The van der Waals surface area contributed by atoms with Crippen molar-refractivity contribution in [2.45, 2.75) is 49.7 Å². The standard InChI is InChI=1S/C34H31F3N6O/c1-2-20-6-3-7-21-8-4-9-25(27(20)21)29-28(35)30-26(15-38-29)32(42-17-23-10-11-24(18-42)39-23)41-33(40-30)44-19-34-12-5-13-43(34)16-22(14-34)31(36)37/h1,3-4,6-9,15,23-24,39H,5,10-14,16-19H2/t23?,24?,34-/m0/s1. The number of rotatable bonds is 5. The van der Waals surface area contributed by atoms with Crippen LogP contribution in [0.5, 0.6) is 6.01 Å². The molecule has 2 unspecified atom stereocenters. The molecule has 2 aromatic heterocycles. The van der Waals surface area contributed by atoms with Crippen molar-refractivity contribution in [3.63, 3.8) is 0 Å². The van der Waals surface area contributed by atoms with Crippen molar-refractivity contribution in [3.05, 3.63) is 65.6 Å². The lowest BCUT2D eigenvalue weighted by Crippen LogP contribution is -2.51. The lowest BCUT2D eigenvalue weighted by Gasteiger charge is -2.34. The van der Waals surface area contributed by atoms with E-state index in [1.165, 1.54) is 0 Å². The van der Waals surface area contributed by atoms with Crippen molar-refractivity contribution in [1.29, 1.82) is 0 Å². The number of terminal acetylenes is 1. The second-order valence-electron chi connectivity index (χ2n) is 12.5. The second kappa shape index (κ2) is 10.5. The van der Waals surface area contributed by atoms with E-state index in [-0.39, 0.29) is 42.4 Å². The van der Waals surface area contributed by atoms with Crippen molar-refractivity contribution in [1.82, 2.24) is 25.2 Å². The van der Waals surface area contributed by atoms with E-state index in [0.29, 0.717) is 34.4 Å². The number of ether oxygens (including phenoxy) is 1. The summed E-state index contributed by atoms with van der Waals surface area (Å²) in [5.74, 6) is 2.71. The van der Waals surface area contributed by atoms with E-state index < -0.39 is 17.4 Å². The molecule has 3 atom stereocenters. The van der Waals surface area contributed by atoms with Gasteiger partial charge >= 0.3 is 6.01 Å². The normalized spacial score (nSPS) is 24.7. The molecule has 0 radical (unpaired) electrons. The Morgan fingerprint density at radius 2 is 1.91 bits per heavy atom. The molecule has 4 saturated heterocycles. The maximum absolute atomic E-state index is 16.7. The van der Waals surface area contributed by atoms with Crippen LogP contribution in [-0.2, 0) is 0 Å². The summed E-state index contributed by atoms with van der Waals surface area (Å²) in [5.41, 5.74) is 1.11. The Morgan fingerprint density at radius 1 is 1.11 bits per heavy atom. The van der Waals surface area contributed by atoms with Gasteiger partial charge < -0.3 is 15.0 Å². The highest BCUT2D eigenvalue weighted by atomic mass is 19.3. The molecule has 6 heterocycles. The first-order valence-electron chi connectivity index (χ1n) is 15.2. The Balaban J connectivity index is 1.24. The van der Waals surface area contributed by atoms with Crippen LogP contribution in [0.15, 0.2) is 54.2 Å². The predicted molar refractivity (Wildman–Crippen MR) is 163 cm³/mol. The van der Waals surface area contributed by atoms with Gasteiger partial charge in [0.25, 0.3) is 6.08 Å². The van der Waals surface area contributed by atoms with Crippen LogP contribution in [-0.4, -0.2) is 70.3 Å². The Labute approximate surface area is 253 Å². The van der Waals surface area contributed by atoms with E-state index in [0.717, 1.165) is 56.1 Å². The molecule has 4 aliphatic heterocycles. The first-order valence-corrected chi connectivity index (χ1v) is 15.2. The van der Waals surface area contributed by atoms with Gasteiger partial charge in [-0.3, -0.25) is 9.88 Å². The van der Waals surface area contributed by atoms with Gasteiger partial charge in [0.1, 0.15) is 23.6 Å². The average Bonchev–Trinajstić information content (AvgIpc) is 3.71. The first-order chi connectivity index (χ1) is 21.4. The lowest BCUT2D eigenvalue weighted by atomic mass is 9.94. The molecular formula is C34H31F3N6O. The lowest BCUT2D eigenvalue weighted by molar-refractivity contribution is 0.108. The zero-order valence-electron chi connectivity index (χ0n) is 24.1. The molecule has 4 fully saturated rings. The van der Waals surface area contributed by atoms with Crippen molar-refractivity contribution in [2.24, 2.45) is 0 Å². The third kappa shape index (κ3) is 4.41. The monoisotopic (exact) mass is 596 g/mol. The maximum atomic E-state index is 16.7. The van der Waals surface area contributed by atoms with E-state index in [9.17, 15) is 8.78 Å². The number of nitrogens with zero attached hydrogens (tertiary/aromatic N) is 5. The number of hydrogen-bond donors (Lipinski definition) is 1. The summed E-state index contributed by atoms with van der Waals surface area (Å²) in [6.45, 7) is 2.58. The summed E-state index contributed by atoms with van der Waals surface area (Å²) in [6, 6.07) is 11.9. The van der Waals surface area contributed by atoms with Crippen LogP contribution in [0, 0.1) is 18.2 Å². The number of nitrogens with one attached hydrogen (secondary N) is 1. The number of piperazine rings is 1. The fourth-order valence-electron chi connectivity index (χ4n) is 7.81. The average molecular weight is 597 g/mol. The zero-order valence-corrected chi connectivity index (χ0v) is 24.1. The van der Waals surface area contributed by atoms with Crippen LogP contribution >= 0.6 is 0 Å². The molecule has 10 heteroatoms. The SMILES string of the molecule is C#Cc1cccc2cccc(-c3ncc4c(N5CC6CCC(C5)N6)nc(OC[C@@]56CCCN5CC(=C(F)F)C6)nc4c3F)c12. The smallest absolute Gasteiger partial charge is 0.319 e. The van der Waals surface area contributed by atoms with Gasteiger partial charge in [-0.1, -0.05) is 36.3 Å². The molecule has 2 aromatic carbocycles. The summed E-state index contributed by atoms with van der Waals surface area (Å²) in [6.07, 6.45) is 9.90. The maximum Gasteiger partial charge on any atom is 0.319 e. The molecule has 0 amide bonds. The van der Waals surface area contributed by atoms with E-state index in [1.54, 1.807) is 6.20 Å². The van der Waals surface area contributed by atoms with E-state index in [1.807, 2.05) is 36.4 Å². The van der Waals surface area contributed by atoms with Crippen molar-refractivity contribution in [3.8, 4) is 29.6 Å². The molecule has 8 rings (SSSR count). The molecule has 2 bridgehead atoms. The number of hydrogen-bond acceptors (Lipinski definition) is 7. The van der Waals surface area contributed by atoms with Crippen LogP contribution in [0.3, 0.4) is 0 Å². The van der Waals surface area contributed by atoms with Crippen LogP contribution in [0.1, 0.15) is 37.7 Å². The van der Waals surface area contributed by atoms with Gasteiger partial charge in [-0.2, -0.15) is 18.7 Å². The summed E-state index contributed by atoms with van der Waals surface area (Å²) in [7, 11) is 0. The van der Waals surface area contributed by atoms with Crippen LogP contribution < -0.4 is 15.0 Å². The zero-order chi connectivity index (χ0) is 30.0. The van der Waals surface area contributed by atoms with E-state index >= 15 is 4.39 Å². The summed E-state index contributed by atoms with van der Waals surface area (Å²) < 4.78 is 50.1. The largest absolute Gasteiger partial charge is 0.461 e. The van der Waals surface area contributed by atoms with Gasteiger partial charge in [-0.15, -0.1) is 6.42 Å². The molecule has 0 aliphatic carbocycles. The van der Waals surface area contributed by atoms with Crippen molar-refractivity contribution in [2.75, 3.05) is 37.7 Å². The number of anilines is 1. The Kier molecular flexibility index (Phi) is 6.50. The highest BCUT2D eigenvalue weighted by Crippen LogP contribution is 2.43. The minimum absolute atomic E-state index is 0.0380. The van der Waals surface area contributed by atoms with Gasteiger partial charge in [0, 0.05) is 60.0 Å². The third-order valence-corrected chi connectivity index (χ3v) is 9.88. The summed E-state index contributed by atoms with van der Waals surface area (Å²) in [5, 5.41) is 5.77. The highest BCUT2D eigenvalue weighted by Gasteiger charge is 2.48. The van der Waals surface area contributed by atoms with Crippen molar-refractivity contribution >= 4 is 27.5 Å². The number of pyridine rings is 1. The number of halogens is 3. The number of benzene rings is 2. The molecule has 7 nitrogen and oxygen atoms in total. The molecule has 44 heavy (non-hydrogen) atoms. The van der Waals surface area contributed by atoms with E-state index in [2.05, 4.69) is 31.0 Å². The summed E-state index contributed by atoms with van der Waals surface area (Å²) >= 11 is 0. The van der Waals surface area contributed by atoms with E-state index in [4.69, 9.17) is 16.1 Å². The van der Waals surface area contributed by atoms with Gasteiger partial charge in [0.2, 0.25) is 0 Å². The molecule has 224 valence electrons. The van der Waals surface area contributed by atoms with Gasteiger partial charge in [0.15, 0.2) is 5.82 Å². The molecule has 1 N–H and O–H groups in total. The van der Waals surface area contributed by atoms with Crippen LogP contribution in [0.4, 0.5) is 19.0 Å². The highest BCUT2D eigenvalue weighted by molar-refractivity contribution is 6.02.